The van der Waals surface area contributed by atoms with Gasteiger partial charge in [0.15, 0.2) is 6.61 Å². The van der Waals surface area contributed by atoms with E-state index in [2.05, 4.69) is 10.3 Å². The molecule has 0 fully saturated rings. The number of fused-ring (bicyclic) bond motifs is 1. The van der Waals surface area contributed by atoms with Gasteiger partial charge in [-0.1, -0.05) is 18.2 Å². The van der Waals surface area contributed by atoms with E-state index in [-0.39, 0.29) is 37.4 Å². The van der Waals surface area contributed by atoms with Crippen molar-refractivity contribution in [2.45, 2.75) is 46.1 Å². The van der Waals surface area contributed by atoms with Gasteiger partial charge in [-0.05, 0) is 45.2 Å². The van der Waals surface area contributed by atoms with E-state index in [4.69, 9.17) is 4.74 Å². The molecule has 1 aromatic carbocycles. The molecule has 0 saturated carbocycles. The van der Waals surface area contributed by atoms with Gasteiger partial charge in [0.2, 0.25) is 5.91 Å². The number of aryl methyl sites for hydroxylation is 1. The fourth-order valence-electron chi connectivity index (χ4n) is 2.98. The monoisotopic (exact) mass is 387 g/mol. The number of rotatable bonds is 10. The van der Waals surface area contributed by atoms with Gasteiger partial charge in [-0.3, -0.25) is 14.4 Å². The summed E-state index contributed by atoms with van der Waals surface area (Å²) in [6, 6.07) is 8.03. The average Bonchev–Trinajstić information content (AvgIpc) is 3.07. The fraction of sp³-hybridized carbons (Fsp3) is 0.476. The highest BCUT2D eigenvalue weighted by Gasteiger charge is 2.17. The number of benzene rings is 1. The largest absolute Gasteiger partial charge is 0.456 e. The summed E-state index contributed by atoms with van der Waals surface area (Å²) in [6.07, 6.45) is 3.60. The maximum Gasteiger partial charge on any atom is 0.306 e. The van der Waals surface area contributed by atoms with E-state index in [0.717, 1.165) is 22.9 Å². The Bertz CT molecular complexity index is 813. The molecule has 1 aromatic heterocycles. The Labute approximate surface area is 165 Å². The molecule has 2 amide bonds. The molecule has 7 heteroatoms. The first-order valence-electron chi connectivity index (χ1n) is 9.68. The highest BCUT2D eigenvalue weighted by atomic mass is 16.5. The number of H-pyrrole nitrogens is 1. The Hall–Kier alpha value is -2.83. The molecule has 152 valence electrons. The summed E-state index contributed by atoms with van der Waals surface area (Å²) < 4.78 is 5.09. The SMILES string of the molecule is CCN(CC(=O)NC(C)C)C(=O)COC(=O)CCCc1c[nH]c2ccccc12. The van der Waals surface area contributed by atoms with E-state index in [1.165, 1.54) is 4.90 Å². The van der Waals surface area contributed by atoms with Gasteiger partial charge in [0.25, 0.3) is 5.91 Å². The third-order valence-corrected chi connectivity index (χ3v) is 4.38. The second kappa shape index (κ2) is 10.5. The van der Waals surface area contributed by atoms with Crippen LogP contribution in [0, 0.1) is 0 Å². The van der Waals surface area contributed by atoms with Crippen molar-refractivity contribution in [2.75, 3.05) is 19.7 Å². The van der Waals surface area contributed by atoms with E-state index >= 15 is 0 Å². The van der Waals surface area contributed by atoms with Crippen molar-refractivity contribution in [3.63, 3.8) is 0 Å². The Morgan fingerprint density at radius 3 is 2.68 bits per heavy atom. The van der Waals surface area contributed by atoms with Crippen LogP contribution in [0.15, 0.2) is 30.5 Å². The number of likely N-dealkylation sites (N-methyl/N-ethyl adjacent to an activating group) is 1. The molecule has 0 spiro atoms. The average molecular weight is 387 g/mol. The third kappa shape index (κ3) is 6.40. The summed E-state index contributed by atoms with van der Waals surface area (Å²) in [6.45, 7) is 5.49. The quantitative estimate of drug-likeness (QED) is 0.613. The smallest absolute Gasteiger partial charge is 0.306 e. The second-order valence-electron chi connectivity index (χ2n) is 7.00. The number of aromatic nitrogens is 1. The number of hydrogen-bond acceptors (Lipinski definition) is 4. The van der Waals surface area contributed by atoms with E-state index in [1.807, 2.05) is 44.3 Å². The van der Waals surface area contributed by atoms with Crippen molar-refractivity contribution in [3.05, 3.63) is 36.0 Å². The Morgan fingerprint density at radius 2 is 1.96 bits per heavy atom. The van der Waals surface area contributed by atoms with Crippen LogP contribution in [0.2, 0.25) is 0 Å². The van der Waals surface area contributed by atoms with Gasteiger partial charge >= 0.3 is 5.97 Å². The van der Waals surface area contributed by atoms with Gasteiger partial charge in [-0.2, -0.15) is 0 Å². The van der Waals surface area contributed by atoms with E-state index < -0.39 is 5.97 Å². The molecule has 2 N–H and O–H groups in total. The van der Waals surface area contributed by atoms with Crippen LogP contribution in [0.25, 0.3) is 10.9 Å². The van der Waals surface area contributed by atoms with Gasteiger partial charge in [0, 0.05) is 36.1 Å². The molecule has 1 heterocycles. The van der Waals surface area contributed by atoms with Crippen LogP contribution in [-0.2, 0) is 25.5 Å². The summed E-state index contributed by atoms with van der Waals surface area (Å²) in [5.74, 6) is -1.00. The lowest BCUT2D eigenvalue weighted by molar-refractivity contribution is -0.152. The highest BCUT2D eigenvalue weighted by molar-refractivity contribution is 5.86. The molecule has 0 unspecified atom stereocenters. The zero-order valence-corrected chi connectivity index (χ0v) is 16.8. The fourth-order valence-corrected chi connectivity index (χ4v) is 2.98. The summed E-state index contributed by atoms with van der Waals surface area (Å²) in [5, 5.41) is 3.89. The molecule has 0 aliphatic carbocycles. The number of hydrogen-bond donors (Lipinski definition) is 2. The molecule has 0 radical (unpaired) electrons. The standard InChI is InChI=1S/C21H29N3O4/c1-4-24(13-19(25)23-15(2)3)20(26)14-28-21(27)11-7-8-16-12-22-18-10-6-5-9-17(16)18/h5-6,9-10,12,15,22H,4,7-8,11,13-14H2,1-3H3,(H,23,25). The zero-order valence-electron chi connectivity index (χ0n) is 16.8. The summed E-state index contributed by atoms with van der Waals surface area (Å²) in [5.41, 5.74) is 2.24. The predicted octanol–water partition coefficient (Wildman–Crippen LogP) is 2.41. The Morgan fingerprint density at radius 1 is 1.21 bits per heavy atom. The van der Waals surface area contributed by atoms with Crippen LogP contribution in [0.4, 0.5) is 0 Å². The summed E-state index contributed by atoms with van der Waals surface area (Å²) in [4.78, 5) is 40.5. The summed E-state index contributed by atoms with van der Waals surface area (Å²) in [7, 11) is 0. The first-order chi connectivity index (χ1) is 13.4. The number of nitrogens with one attached hydrogen (secondary N) is 2. The first kappa shape index (κ1) is 21.5. The van der Waals surface area contributed by atoms with E-state index in [1.54, 1.807) is 6.92 Å². The van der Waals surface area contributed by atoms with Crippen LogP contribution in [0.1, 0.15) is 39.2 Å². The Balaban J connectivity index is 1.72. The van der Waals surface area contributed by atoms with Gasteiger partial charge in [0.1, 0.15) is 0 Å². The van der Waals surface area contributed by atoms with Gasteiger partial charge < -0.3 is 19.9 Å². The first-order valence-corrected chi connectivity index (χ1v) is 9.68. The lowest BCUT2D eigenvalue weighted by Gasteiger charge is -2.21. The number of aromatic amines is 1. The molecule has 0 aliphatic rings. The molecular weight excluding hydrogens is 358 g/mol. The minimum absolute atomic E-state index is 0.0104. The highest BCUT2D eigenvalue weighted by Crippen LogP contribution is 2.19. The van der Waals surface area contributed by atoms with Crippen molar-refractivity contribution in [1.29, 1.82) is 0 Å². The summed E-state index contributed by atoms with van der Waals surface area (Å²) >= 11 is 0. The van der Waals surface area contributed by atoms with Crippen molar-refractivity contribution >= 4 is 28.7 Å². The number of esters is 1. The molecule has 0 aliphatic heterocycles. The van der Waals surface area contributed by atoms with Crippen LogP contribution >= 0.6 is 0 Å². The lowest BCUT2D eigenvalue weighted by atomic mass is 10.1. The molecular formula is C21H29N3O4. The topological polar surface area (TPSA) is 91.5 Å². The predicted molar refractivity (Wildman–Crippen MR) is 108 cm³/mol. The van der Waals surface area contributed by atoms with Crippen molar-refractivity contribution in [1.82, 2.24) is 15.2 Å². The molecule has 28 heavy (non-hydrogen) atoms. The molecule has 0 bridgehead atoms. The number of carbonyl (C=O) groups excluding carboxylic acids is 3. The normalized spacial score (nSPS) is 10.9. The molecule has 0 saturated heterocycles. The number of ether oxygens (including phenoxy) is 1. The zero-order chi connectivity index (χ0) is 20.5. The van der Waals surface area contributed by atoms with Crippen molar-refractivity contribution < 1.29 is 19.1 Å². The maximum absolute atomic E-state index is 12.2. The van der Waals surface area contributed by atoms with Crippen LogP contribution in [-0.4, -0.2) is 53.4 Å². The minimum Gasteiger partial charge on any atom is -0.456 e. The molecule has 2 rings (SSSR count). The number of nitrogens with zero attached hydrogens (tertiary/aromatic N) is 1. The second-order valence-corrected chi connectivity index (χ2v) is 7.00. The third-order valence-electron chi connectivity index (χ3n) is 4.38. The Kier molecular flexibility index (Phi) is 8.04. The molecule has 0 atom stereocenters. The lowest BCUT2D eigenvalue weighted by Crippen LogP contribution is -2.44. The van der Waals surface area contributed by atoms with Gasteiger partial charge in [-0.25, -0.2) is 0 Å². The van der Waals surface area contributed by atoms with Crippen LogP contribution in [0.5, 0.6) is 0 Å². The minimum atomic E-state index is -0.407. The maximum atomic E-state index is 12.2. The van der Waals surface area contributed by atoms with Crippen LogP contribution in [0.3, 0.4) is 0 Å². The van der Waals surface area contributed by atoms with Crippen molar-refractivity contribution in [2.24, 2.45) is 0 Å². The molecule has 7 nitrogen and oxygen atoms in total. The van der Waals surface area contributed by atoms with Gasteiger partial charge in [-0.15, -0.1) is 0 Å². The van der Waals surface area contributed by atoms with Gasteiger partial charge in [0.05, 0.1) is 6.54 Å². The molecule has 2 aromatic rings. The van der Waals surface area contributed by atoms with E-state index in [9.17, 15) is 14.4 Å². The van der Waals surface area contributed by atoms with Crippen LogP contribution < -0.4 is 5.32 Å². The number of para-hydroxylation sites is 1. The number of carbonyl (C=O) groups is 3. The van der Waals surface area contributed by atoms with Crippen molar-refractivity contribution in [3.8, 4) is 0 Å². The van der Waals surface area contributed by atoms with E-state index in [0.29, 0.717) is 13.0 Å². The number of amides is 2.